The van der Waals surface area contributed by atoms with Crippen LogP contribution in [0.15, 0.2) is 24.3 Å². The summed E-state index contributed by atoms with van der Waals surface area (Å²) in [7, 11) is 0. The van der Waals surface area contributed by atoms with Crippen LogP contribution in [-0.4, -0.2) is 40.0 Å². The minimum atomic E-state index is 0.342. The topological polar surface area (TPSA) is 67.1 Å². The van der Waals surface area contributed by atoms with Gasteiger partial charge in [-0.2, -0.15) is 4.98 Å². The fourth-order valence-electron chi connectivity index (χ4n) is 3.80. The van der Waals surface area contributed by atoms with Gasteiger partial charge >= 0.3 is 0 Å². The van der Waals surface area contributed by atoms with Crippen molar-refractivity contribution in [1.29, 1.82) is 0 Å². The number of hydrogen-bond acceptors (Lipinski definition) is 5. The minimum absolute atomic E-state index is 0.342. The summed E-state index contributed by atoms with van der Waals surface area (Å²) in [6, 6.07) is 9.17. The summed E-state index contributed by atoms with van der Waals surface area (Å²) in [5.74, 6) is 1.23. The zero-order chi connectivity index (χ0) is 14.2. The molecule has 3 heterocycles. The summed E-state index contributed by atoms with van der Waals surface area (Å²) in [5, 5.41) is 4.71. The lowest BCUT2D eigenvalue weighted by Gasteiger charge is -2.32. The fourth-order valence-corrected chi connectivity index (χ4v) is 3.80. The SMILES string of the molecule is Nc1nc(NC2CCN3CCCCC23)c2ccccc2n1. The van der Waals surface area contributed by atoms with Crippen LogP contribution < -0.4 is 11.1 Å². The Bertz CT molecular complexity index is 656. The van der Waals surface area contributed by atoms with Crippen LogP contribution in [0.2, 0.25) is 0 Å². The summed E-state index contributed by atoms with van der Waals surface area (Å²) in [6.07, 6.45) is 5.15. The molecule has 4 rings (SSSR count). The molecule has 2 aliphatic rings. The maximum absolute atomic E-state index is 5.86. The highest BCUT2D eigenvalue weighted by molar-refractivity contribution is 5.90. The minimum Gasteiger partial charge on any atom is -0.368 e. The molecule has 3 N–H and O–H groups in total. The lowest BCUT2D eigenvalue weighted by Crippen LogP contribution is -2.41. The third kappa shape index (κ3) is 2.31. The number of aromatic nitrogens is 2. The molecule has 0 aliphatic carbocycles. The first kappa shape index (κ1) is 12.8. The molecule has 1 aromatic carbocycles. The molecule has 0 bridgehead atoms. The van der Waals surface area contributed by atoms with Crippen LogP contribution in [0.4, 0.5) is 11.8 Å². The first-order valence-electron chi connectivity index (χ1n) is 7.84. The summed E-state index contributed by atoms with van der Waals surface area (Å²) < 4.78 is 0. The zero-order valence-electron chi connectivity index (χ0n) is 12.1. The van der Waals surface area contributed by atoms with Crippen molar-refractivity contribution < 1.29 is 0 Å². The van der Waals surface area contributed by atoms with Crippen LogP contribution in [0.1, 0.15) is 25.7 Å². The molecule has 2 unspecified atom stereocenters. The van der Waals surface area contributed by atoms with E-state index in [1.54, 1.807) is 0 Å². The maximum Gasteiger partial charge on any atom is 0.222 e. The Labute approximate surface area is 124 Å². The second-order valence-corrected chi connectivity index (χ2v) is 6.09. The molecule has 110 valence electrons. The largest absolute Gasteiger partial charge is 0.368 e. The van der Waals surface area contributed by atoms with Crippen molar-refractivity contribution in [2.24, 2.45) is 0 Å². The van der Waals surface area contributed by atoms with Crippen LogP contribution in [0.3, 0.4) is 0 Å². The van der Waals surface area contributed by atoms with Gasteiger partial charge in [0.25, 0.3) is 0 Å². The van der Waals surface area contributed by atoms with Gasteiger partial charge in [-0.25, -0.2) is 4.98 Å². The van der Waals surface area contributed by atoms with Crippen molar-refractivity contribution >= 4 is 22.7 Å². The van der Waals surface area contributed by atoms with E-state index in [4.69, 9.17) is 5.73 Å². The van der Waals surface area contributed by atoms with Crippen LogP contribution >= 0.6 is 0 Å². The molecular formula is C16H21N5. The summed E-state index contributed by atoms with van der Waals surface area (Å²) in [6.45, 7) is 2.44. The van der Waals surface area contributed by atoms with Crippen LogP contribution in [0.5, 0.6) is 0 Å². The van der Waals surface area contributed by atoms with E-state index in [0.29, 0.717) is 18.0 Å². The molecule has 5 heteroatoms. The Kier molecular flexibility index (Phi) is 3.15. The van der Waals surface area contributed by atoms with Gasteiger partial charge in [0.2, 0.25) is 5.95 Å². The second kappa shape index (κ2) is 5.15. The highest BCUT2D eigenvalue weighted by Gasteiger charge is 2.35. The number of nitrogens with zero attached hydrogens (tertiary/aromatic N) is 3. The van der Waals surface area contributed by atoms with Crippen LogP contribution in [0, 0.1) is 0 Å². The molecule has 5 nitrogen and oxygen atoms in total. The summed E-state index contributed by atoms with van der Waals surface area (Å²) in [4.78, 5) is 11.4. The van der Waals surface area contributed by atoms with E-state index in [-0.39, 0.29) is 0 Å². The molecule has 21 heavy (non-hydrogen) atoms. The van der Waals surface area contributed by atoms with Gasteiger partial charge in [-0.15, -0.1) is 0 Å². The van der Waals surface area contributed by atoms with Gasteiger partial charge < -0.3 is 11.1 Å². The monoisotopic (exact) mass is 283 g/mol. The van der Waals surface area contributed by atoms with Crippen LogP contribution in [-0.2, 0) is 0 Å². The number of rotatable bonds is 2. The van der Waals surface area contributed by atoms with Crippen molar-refractivity contribution in [1.82, 2.24) is 14.9 Å². The third-order valence-electron chi connectivity index (χ3n) is 4.80. The number of fused-ring (bicyclic) bond motifs is 2. The van der Waals surface area contributed by atoms with E-state index in [1.165, 1.54) is 38.8 Å². The van der Waals surface area contributed by atoms with E-state index in [2.05, 4.69) is 26.3 Å². The highest BCUT2D eigenvalue weighted by atomic mass is 15.2. The van der Waals surface area contributed by atoms with Crippen molar-refractivity contribution in [3.63, 3.8) is 0 Å². The van der Waals surface area contributed by atoms with E-state index in [1.807, 2.05) is 18.2 Å². The predicted molar refractivity (Wildman–Crippen MR) is 85.2 cm³/mol. The van der Waals surface area contributed by atoms with Gasteiger partial charge in [-0.3, -0.25) is 4.90 Å². The van der Waals surface area contributed by atoms with E-state index >= 15 is 0 Å². The van der Waals surface area contributed by atoms with Crippen molar-refractivity contribution in [3.8, 4) is 0 Å². The van der Waals surface area contributed by atoms with Gasteiger partial charge in [-0.05, 0) is 37.9 Å². The third-order valence-corrected chi connectivity index (χ3v) is 4.80. The van der Waals surface area contributed by atoms with Crippen molar-refractivity contribution in [2.75, 3.05) is 24.1 Å². The number of nitrogen functional groups attached to an aromatic ring is 1. The average Bonchev–Trinajstić information content (AvgIpc) is 2.90. The van der Waals surface area contributed by atoms with Gasteiger partial charge in [0.05, 0.1) is 5.52 Å². The first-order chi connectivity index (χ1) is 10.3. The Hall–Kier alpha value is -1.88. The number of benzene rings is 1. The molecule has 0 spiro atoms. The van der Waals surface area contributed by atoms with Crippen molar-refractivity contribution in [2.45, 2.75) is 37.8 Å². The normalized spacial score (nSPS) is 25.9. The van der Waals surface area contributed by atoms with E-state index in [9.17, 15) is 0 Å². The quantitative estimate of drug-likeness (QED) is 0.885. The Morgan fingerprint density at radius 3 is 2.95 bits per heavy atom. The number of para-hydroxylation sites is 1. The Morgan fingerprint density at radius 1 is 1.10 bits per heavy atom. The lowest BCUT2D eigenvalue weighted by molar-refractivity contribution is 0.192. The molecule has 2 aromatic rings. The van der Waals surface area contributed by atoms with E-state index in [0.717, 1.165) is 16.7 Å². The van der Waals surface area contributed by atoms with Crippen LogP contribution in [0.25, 0.3) is 10.9 Å². The lowest BCUT2D eigenvalue weighted by atomic mass is 9.99. The molecule has 0 amide bonds. The smallest absolute Gasteiger partial charge is 0.222 e. The summed E-state index contributed by atoms with van der Waals surface area (Å²) >= 11 is 0. The van der Waals surface area contributed by atoms with Gasteiger partial charge in [0.1, 0.15) is 5.82 Å². The number of hydrogen-bond donors (Lipinski definition) is 2. The standard InChI is InChI=1S/C16H21N5/c17-16-19-12-6-2-1-5-11(12)15(20-16)18-13-8-10-21-9-4-3-7-14(13)21/h1-2,5-6,13-14H,3-4,7-10H2,(H3,17,18,19,20). The Balaban J connectivity index is 1.65. The van der Waals surface area contributed by atoms with E-state index < -0.39 is 0 Å². The Morgan fingerprint density at radius 2 is 2.00 bits per heavy atom. The molecule has 2 aliphatic heterocycles. The molecule has 2 atom stereocenters. The van der Waals surface area contributed by atoms with Gasteiger partial charge in [0, 0.05) is 24.0 Å². The zero-order valence-corrected chi connectivity index (χ0v) is 12.1. The van der Waals surface area contributed by atoms with Gasteiger partial charge in [0.15, 0.2) is 0 Å². The molecular weight excluding hydrogens is 262 g/mol. The molecule has 0 saturated carbocycles. The predicted octanol–water partition coefficient (Wildman–Crippen LogP) is 2.25. The number of nitrogens with two attached hydrogens (primary N) is 1. The average molecular weight is 283 g/mol. The maximum atomic E-state index is 5.86. The summed E-state index contributed by atoms with van der Waals surface area (Å²) in [5.41, 5.74) is 6.77. The highest BCUT2D eigenvalue weighted by Crippen LogP contribution is 2.30. The first-order valence-corrected chi connectivity index (χ1v) is 7.84. The second-order valence-electron chi connectivity index (χ2n) is 6.09. The number of piperidine rings is 1. The number of nitrogens with one attached hydrogen (secondary N) is 1. The number of anilines is 2. The molecule has 2 saturated heterocycles. The molecule has 0 radical (unpaired) electrons. The van der Waals surface area contributed by atoms with Crippen molar-refractivity contribution in [3.05, 3.63) is 24.3 Å². The van der Waals surface area contributed by atoms with Gasteiger partial charge in [-0.1, -0.05) is 18.6 Å². The molecule has 2 fully saturated rings. The fraction of sp³-hybridized carbons (Fsp3) is 0.500. The molecule has 1 aromatic heterocycles.